The number of ether oxygens (including phenoxy) is 6. The van der Waals surface area contributed by atoms with Gasteiger partial charge >= 0.3 is 7.12 Å². The molecule has 26 nitrogen and oxygen atoms in total. The lowest BCUT2D eigenvalue weighted by molar-refractivity contribution is 0.112. The van der Waals surface area contributed by atoms with Crippen LogP contribution in [-0.4, -0.2) is 118 Å². The van der Waals surface area contributed by atoms with Crippen LogP contribution in [0, 0.1) is 0 Å². The van der Waals surface area contributed by atoms with E-state index in [0.717, 1.165) is 84.1 Å². The lowest BCUT2D eigenvalue weighted by Crippen LogP contribution is -2.31. The molecule has 8 N–H and O–H groups in total. The maximum absolute atomic E-state index is 12.1. The summed E-state index contributed by atoms with van der Waals surface area (Å²) in [6.07, 6.45) is 16.7. The van der Waals surface area contributed by atoms with Crippen LogP contribution < -0.4 is 56.1 Å². The second-order valence-electron chi connectivity index (χ2n) is 22.4. The molecule has 15 aromatic rings. The number of rotatable bonds is 17. The quantitative estimate of drug-likeness (QED) is 0.0253. The fourth-order valence-electron chi connectivity index (χ4n) is 9.98. The Kier molecular flexibility index (Phi) is 33.4. The average molecular weight is 1660 g/mol. The zero-order chi connectivity index (χ0) is 80.2. The number of oxazole rings is 4. The smallest absolute Gasteiger partial charge is 0.493 e. The summed E-state index contributed by atoms with van der Waals surface area (Å²) >= 11 is 12.3. The largest absolute Gasteiger partial charge is 0.497 e. The lowest BCUT2D eigenvalue weighted by atomic mass is 9.81. The van der Waals surface area contributed by atoms with E-state index in [0.29, 0.717) is 68.8 Å². The van der Waals surface area contributed by atoms with Gasteiger partial charge in [-0.25, -0.2) is 29.9 Å². The Balaban J connectivity index is 0.000000169. The molecule has 0 unspecified atom stereocenters. The molecule has 572 valence electrons. The summed E-state index contributed by atoms with van der Waals surface area (Å²) in [7, 11) is 8.88. The van der Waals surface area contributed by atoms with Crippen molar-refractivity contribution < 1.29 is 66.0 Å². The van der Waals surface area contributed by atoms with Gasteiger partial charge < -0.3 is 82.3 Å². The van der Waals surface area contributed by atoms with Gasteiger partial charge in [0.15, 0.2) is 35.8 Å². The zero-order valence-electron chi connectivity index (χ0n) is 61.1. The number of aliphatic hydroxyl groups excluding tert-OH is 1. The Labute approximate surface area is 664 Å². The van der Waals surface area contributed by atoms with E-state index in [2.05, 4.69) is 77.0 Å². The van der Waals surface area contributed by atoms with E-state index in [1.807, 2.05) is 133 Å². The number of methoxy groups -OCH3 is 6. The van der Waals surface area contributed by atoms with E-state index in [1.54, 1.807) is 146 Å². The van der Waals surface area contributed by atoms with E-state index in [9.17, 15) is 14.4 Å². The van der Waals surface area contributed by atoms with Gasteiger partial charge in [-0.1, -0.05) is 117 Å². The van der Waals surface area contributed by atoms with E-state index in [4.69, 9.17) is 78.6 Å². The maximum Gasteiger partial charge on any atom is 0.493 e. The Morgan fingerprint density at radius 3 is 1.34 bits per heavy atom. The fourth-order valence-corrected chi connectivity index (χ4v) is 10.9. The predicted molar refractivity (Wildman–Crippen MR) is 437 cm³/mol. The van der Waals surface area contributed by atoms with Crippen LogP contribution in [0.5, 0.6) is 34.8 Å². The van der Waals surface area contributed by atoms with Gasteiger partial charge in [-0.15, -0.1) is 0 Å². The summed E-state index contributed by atoms with van der Waals surface area (Å²) in [5, 5.41) is 27.7. The molecule has 0 fully saturated rings. The molecule has 7 aromatic carbocycles. The molecule has 8 aromatic heterocycles. The molecule has 8 heterocycles. The van der Waals surface area contributed by atoms with Crippen molar-refractivity contribution in [3.05, 3.63) is 309 Å². The number of carbonyl (C=O) groups is 1. The summed E-state index contributed by atoms with van der Waals surface area (Å²) < 4.78 is 54.1. The number of hydrogen-bond acceptors (Lipinski definition) is 24. The number of nitrogens with zero attached hydrogens (tertiary/aromatic N) is 6. The van der Waals surface area contributed by atoms with Gasteiger partial charge in [0.05, 0.1) is 67.4 Å². The lowest BCUT2D eigenvalue weighted by Gasteiger charge is -2.08. The highest BCUT2D eigenvalue weighted by Crippen LogP contribution is 2.34. The molecule has 0 aliphatic rings. The summed E-state index contributed by atoms with van der Waals surface area (Å²) in [5.41, 5.74) is 16.0. The number of pyridine rings is 4. The number of carbonyl (C=O) groups excluding carboxylic acids is 1. The third-order valence-electron chi connectivity index (χ3n) is 15.2. The highest BCUT2D eigenvalue weighted by molar-refractivity contribution is 9.10. The Morgan fingerprint density at radius 1 is 0.464 bits per heavy atom. The molecule has 15 rings (SSSR count). The highest BCUT2D eigenvalue weighted by Gasteiger charge is 2.17. The minimum Gasteiger partial charge on any atom is -0.497 e. The first-order valence-electron chi connectivity index (χ1n) is 33.2. The number of halogens is 3. The Bertz CT molecular complexity index is 5470. The highest BCUT2D eigenvalue weighted by atomic mass is 79.9. The first kappa shape index (κ1) is 84.5. The van der Waals surface area contributed by atoms with Crippen LogP contribution in [-0.2, 0) is 0 Å². The summed E-state index contributed by atoms with van der Waals surface area (Å²) in [6, 6.07) is 63.3. The number of aromatic amines is 2. The average Bonchev–Trinajstić information content (AvgIpc) is 1.35. The van der Waals surface area contributed by atoms with Crippen LogP contribution in [0.4, 0.5) is 17.4 Å². The number of hydrogen-bond donors (Lipinski definition) is 7. The molecule has 30 heteroatoms. The number of aromatic nitrogens is 8. The summed E-state index contributed by atoms with van der Waals surface area (Å²) in [4.78, 5) is 63.2. The van der Waals surface area contributed by atoms with E-state index in [-0.39, 0.29) is 27.8 Å². The molecule has 0 saturated carbocycles. The van der Waals surface area contributed by atoms with Crippen molar-refractivity contribution in [2.75, 3.05) is 60.8 Å². The normalized spacial score (nSPS) is 9.97. The van der Waals surface area contributed by atoms with Crippen LogP contribution in [0.2, 0.25) is 5.35 Å². The maximum atomic E-state index is 12.1. The SMILES string of the molecule is Brc1cccc(-c2cnco2)c1.CO.COc1cc(N)cc(OC)c1.COc1cc(Nc2ncc(-c3cccc(-c4ccc[nH]c4=O)c3)o2)cc(OC)c1.COc1ncccc1-c1cccc(-c2cnco2)c1.COc1ncccc1B(O)O.O=Cc1cccc(Br)c1.O=c1[nH]cccc1-c1cccc(-c2cnc(Cl)o2)c1. The number of aliphatic hydroxyl groups is 1. The van der Waals surface area contributed by atoms with E-state index in [1.165, 1.54) is 32.2 Å². The molecule has 0 bridgehead atoms. The standard InChI is InChI=1S/C22H19N3O4.C15H12N2O2.C14H9ClN2O2.C9H6BrNO.C8H11NO2.C7H5BrO.C6H8BNO3.CH4O/c1-27-17-10-16(11-18(12-17)28-2)25-22-24-13-20(29-22)15-6-3-5-14(9-15)19-7-4-8-23-21(19)26;1-18-15-13(6-3-7-17-15)11-4-2-5-12(8-11)14-9-16-10-19-14;15-14-17-8-12(19-14)10-4-1-3-9(7-10)11-5-2-6-16-13(11)18;10-8-3-1-2-7(4-8)9-5-11-6-12-9;1-10-7-3-6(9)4-8(5-7)11-2;8-7-3-1-2-6(4-7)5-9;1-11-6-5(7(9)10)3-2-4-8-6;1-2/h3-13H,1-2H3,(H,23,26)(H,24,25);2-10H,1H3;1-8H,(H,16,18);1-6H;3-5H,9H2,1-2H3;1-5H;2-4,9-10H,1H3;2H,1H3. The third kappa shape index (κ3) is 25.5. The molecule has 0 amide bonds. The van der Waals surface area contributed by atoms with Gasteiger partial charge in [-0.05, 0) is 113 Å². The molecule has 0 aliphatic heterocycles. The van der Waals surface area contributed by atoms with Gasteiger partial charge in [0, 0.05) is 139 Å². The molecular weight excluding hydrogens is 1590 g/mol. The van der Waals surface area contributed by atoms with Gasteiger partial charge in [-0.2, -0.15) is 0 Å². The topological polar surface area (TPSA) is 367 Å². The number of aldehydes is 1. The summed E-state index contributed by atoms with van der Waals surface area (Å²) in [6.45, 7) is 0. The molecule has 0 radical (unpaired) electrons. The third-order valence-corrected chi connectivity index (χ3v) is 16.3. The second-order valence-corrected chi connectivity index (χ2v) is 24.6. The molecule has 0 saturated heterocycles. The van der Waals surface area contributed by atoms with Crippen molar-refractivity contribution in [1.82, 2.24) is 39.9 Å². The molecule has 0 aliphatic carbocycles. The van der Waals surface area contributed by atoms with Crippen molar-refractivity contribution in [2.24, 2.45) is 0 Å². The van der Waals surface area contributed by atoms with Crippen molar-refractivity contribution in [3.8, 4) is 113 Å². The monoisotopic (exact) mass is 1660 g/mol. The number of nitrogens with two attached hydrogens (primary N) is 1. The first-order valence-corrected chi connectivity index (χ1v) is 35.2. The van der Waals surface area contributed by atoms with Crippen LogP contribution >= 0.6 is 43.5 Å². The second kappa shape index (κ2) is 44.4. The van der Waals surface area contributed by atoms with Gasteiger partial charge in [0.25, 0.3) is 22.5 Å². The number of anilines is 3. The van der Waals surface area contributed by atoms with Crippen molar-refractivity contribution in [2.45, 2.75) is 0 Å². The van der Waals surface area contributed by atoms with Gasteiger partial charge in [-0.3, -0.25) is 14.4 Å². The fraction of sp³-hybridized carbons (Fsp3) is 0.0854. The number of nitrogen functional groups attached to an aromatic ring is 1. The van der Waals surface area contributed by atoms with E-state index < -0.39 is 7.12 Å². The van der Waals surface area contributed by atoms with E-state index >= 15 is 0 Å². The first-order chi connectivity index (χ1) is 54.5. The molecule has 0 atom stereocenters. The number of nitrogens with one attached hydrogen (secondary N) is 3. The predicted octanol–water partition coefficient (Wildman–Crippen LogP) is 16.3. The Hall–Kier alpha value is -13.2. The summed E-state index contributed by atoms with van der Waals surface area (Å²) in [5.74, 6) is 6.25. The number of H-pyrrole nitrogens is 2. The minimum absolute atomic E-state index is 0.0953. The van der Waals surface area contributed by atoms with Crippen molar-refractivity contribution >= 4 is 79.7 Å². The molecule has 112 heavy (non-hydrogen) atoms. The van der Waals surface area contributed by atoms with Crippen LogP contribution in [0.15, 0.2) is 305 Å². The molecule has 0 spiro atoms. The van der Waals surface area contributed by atoms with Crippen LogP contribution in [0.25, 0.3) is 78.7 Å². The van der Waals surface area contributed by atoms with Gasteiger partial charge in [0.1, 0.15) is 29.3 Å². The minimum atomic E-state index is -1.53. The number of benzene rings is 7. The Morgan fingerprint density at radius 2 is 0.902 bits per heavy atom. The van der Waals surface area contributed by atoms with Crippen LogP contribution in [0.3, 0.4) is 0 Å². The van der Waals surface area contributed by atoms with Gasteiger partial charge in [0.2, 0.25) is 11.8 Å². The van der Waals surface area contributed by atoms with Crippen molar-refractivity contribution in [1.29, 1.82) is 0 Å². The van der Waals surface area contributed by atoms with Crippen molar-refractivity contribution in [3.63, 3.8) is 0 Å². The zero-order valence-corrected chi connectivity index (χ0v) is 65.0. The molecular formula is C82H74BBr2ClN10O16. The van der Waals surface area contributed by atoms with Crippen LogP contribution in [0.1, 0.15) is 10.4 Å².